The van der Waals surface area contributed by atoms with Gasteiger partial charge in [-0.05, 0) is 54.8 Å². The minimum atomic E-state index is -0.504. The molecule has 0 aliphatic carbocycles. The first-order valence-electron chi connectivity index (χ1n) is 9.92. The quantitative estimate of drug-likeness (QED) is 0.656. The molecule has 1 saturated heterocycles. The Balaban J connectivity index is 1.44. The van der Waals surface area contributed by atoms with Crippen molar-refractivity contribution in [2.45, 2.75) is 38.7 Å². The van der Waals surface area contributed by atoms with Crippen LogP contribution in [0.25, 0.3) is 6.08 Å². The SMILES string of the molecule is Cc1ccc2c(c1C)OC1(CCN(C(=O)C=Cc3cccc(Cl)c3)CC1)CC2=O. The zero-order valence-electron chi connectivity index (χ0n) is 16.7. The van der Waals surface area contributed by atoms with Crippen LogP contribution in [0.15, 0.2) is 42.5 Å². The smallest absolute Gasteiger partial charge is 0.246 e. The molecule has 2 aliphatic rings. The maximum absolute atomic E-state index is 12.7. The highest BCUT2D eigenvalue weighted by atomic mass is 35.5. The van der Waals surface area contributed by atoms with Gasteiger partial charge in [-0.3, -0.25) is 9.59 Å². The van der Waals surface area contributed by atoms with E-state index in [1.807, 2.05) is 49.1 Å². The highest BCUT2D eigenvalue weighted by Gasteiger charge is 2.44. The summed E-state index contributed by atoms with van der Waals surface area (Å²) in [6.45, 7) is 5.18. The van der Waals surface area contributed by atoms with E-state index >= 15 is 0 Å². The van der Waals surface area contributed by atoms with Crippen molar-refractivity contribution in [3.63, 3.8) is 0 Å². The zero-order chi connectivity index (χ0) is 20.6. The highest BCUT2D eigenvalue weighted by Crippen LogP contribution is 2.41. The Morgan fingerprint density at radius 3 is 2.66 bits per heavy atom. The molecular weight excluding hydrogens is 386 g/mol. The van der Waals surface area contributed by atoms with Crippen molar-refractivity contribution < 1.29 is 14.3 Å². The average Bonchev–Trinajstić information content (AvgIpc) is 2.70. The molecule has 1 spiro atoms. The summed E-state index contributed by atoms with van der Waals surface area (Å²) in [6.07, 6.45) is 5.05. The van der Waals surface area contributed by atoms with Crippen LogP contribution in [0, 0.1) is 13.8 Å². The first-order valence-corrected chi connectivity index (χ1v) is 10.3. The fraction of sp³-hybridized carbons (Fsp3) is 0.333. The molecule has 0 bridgehead atoms. The first kappa shape index (κ1) is 19.7. The van der Waals surface area contributed by atoms with E-state index in [0.29, 0.717) is 42.9 Å². The van der Waals surface area contributed by atoms with Gasteiger partial charge in [0, 0.05) is 37.0 Å². The molecule has 0 saturated carbocycles. The molecule has 1 fully saturated rings. The van der Waals surface area contributed by atoms with Gasteiger partial charge in [0.05, 0.1) is 12.0 Å². The number of piperidine rings is 1. The molecule has 150 valence electrons. The van der Waals surface area contributed by atoms with Gasteiger partial charge in [0.15, 0.2) is 5.78 Å². The number of halogens is 1. The Morgan fingerprint density at radius 1 is 1.17 bits per heavy atom. The van der Waals surface area contributed by atoms with Gasteiger partial charge in [-0.2, -0.15) is 0 Å². The summed E-state index contributed by atoms with van der Waals surface area (Å²) in [7, 11) is 0. The number of hydrogen-bond acceptors (Lipinski definition) is 3. The molecule has 4 rings (SSSR count). The number of likely N-dealkylation sites (tertiary alicyclic amines) is 1. The predicted octanol–water partition coefficient (Wildman–Crippen LogP) is 5.00. The van der Waals surface area contributed by atoms with Crippen LogP contribution >= 0.6 is 11.6 Å². The van der Waals surface area contributed by atoms with Crippen molar-refractivity contribution >= 4 is 29.4 Å². The molecule has 2 aromatic carbocycles. The van der Waals surface area contributed by atoms with E-state index < -0.39 is 5.60 Å². The van der Waals surface area contributed by atoms with Gasteiger partial charge >= 0.3 is 0 Å². The lowest BCUT2D eigenvalue weighted by Gasteiger charge is -2.44. The number of ether oxygens (including phenoxy) is 1. The lowest BCUT2D eigenvalue weighted by atomic mass is 9.81. The Labute approximate surface area is 176 Å². The third-order valence-corrected chi connectivity index (χ3v) is 6.27. The highest BCUT2D eigenvalue weighted by molar-refractivity contribution is 6.30. The fourth-order valence-electron chi connectivity index (χ4n) is 4.08. The largest absolute Gasteiger partial charge is 0.486 e. The van der Waals surface area contributed by atoms with Crippen molar-refractivity contribution in [3.8, 4) is 5.75 Å². The third-order valence-electron chi connectivity index (χ3n) is 6.03. The average molecular weight is 410 g/mol. The summed E-state index contributed by atoms with van der Waals surface area (Å²) in [4.78, 5) is 27.1. The van der Waals surface area contributed by atoms with Crippen molar-refractivity contribution in [1.29, 1.82) is 0 Å². The second kappa shape index (κ2) is 7.68. The molecule has 2 aromatic rings. The van der Waals surface area contributed by atoms with Gasteiger partial charge in [0.2, 0.25) is 5.91 Å². The van der Waals surface area contributed by atoms with E-state index in [1.54, 1.807) is 18.2 Å². The number of aryl methyl sites for hydroxylation is 1. The van der Waals surface area contributed by atoms with Crippen LogP contribution < -0.4 is 4.74 Å². The Kier molecular flexibility index (Phi) is 5.22. The van der Waals surface area contributed by atoms with Gasteiger partial charge in [0.1, 0.15) is 11.4 Å². The summed E-state index contributed by atoms with van der Waals surface area (Å²) >= 11 is 5.99. The molecular formula is C24H24ClNO3. The predicted molar refractivity (Wildman–Crippen MR) is 115 cm³/mol. The number of carbonyl (C=O) groups excluding carboxylic acids is 2. The van der Waals surface area contributed by atoms with Gasteiger partial charge in [0.25, 0.3) is 0 Å². The summed E-state index contributed by atoms with van der Waals surface area (Å²) in [6, 6.07) is 11.2. The van der Waals surface area contributed by atoms with E-state index in [0.717, 1.165) is 22.4 Å². The monoisotopic (exact) mass is 409 g/mol. The number of carbonyl (C=O) groups is 2. The molecule has 5 heteroatoms. The van der Waals surface area contributed by atoms with E-state index in [4.69, 9.17) is 16.3 Å². The molecule has 0 N–H and O–H groups in total. The molecule has 0 atom stereocenters. The van der Waals surface area contributed by atoms with Crippen LogP contribution in [-0.4, -0.2) is 35.3 Å². The van der Waals surface area contributed by atoms with Crippen molar-refractivity contribution in [2.75, 3.05) is 13.1 Å². The maximum Gasteiger partial charge on any atom is 0.246 e. The lowest BCUT2D eigenvalue weighted by molar-refractivity contribution is -0.129. The first-order chi connectivity index (χ1) is 13.9. The molecule has 0 unspecified atom stereocenters. The van der Waals surface area contributed by atoms with Crippen LogP contribution in [0.4, 0.5) is 0 Å². The number of amides is 1. The number of rotatable bonds is 2. The van der Waals surface area contributed by atoms with Gasteiger partial charge < -0.3 is 9.64 Å². The molecule has 4 nitrogen and oxygen atoms in total. The van der Waals surface area contributed by atoms with Crippen LogP contribution in [-0.2, 0) is 4.79 Å². The third kappa shape index (κ3) is 3.95. The summed E-state index contributed by atoms with van der Waals surface area (Å²) in [5, 5.41) is 0.643. The summed E-state index contributed by atoms with van der Waals surface area (Å²) < 4.78 is 6.42. The number of hydrogen-bond donors (Lipinski definition) is 0. The van der Waals surface area contributed by atoms with E-state index in [9.17, 15) is 9.59 Å². The van der Waals surface area contributed by atoms with E-state index in [2.05, 4.69) is 0 Å². The lowest BCUT2D eigenvalue weighted by Crippen LogP contribution is -2.52. The molecule has 29 heavy (non-hydrogen) atoms. The molecule has 0 radical (unpaired) electrons. The van der Waals surface area contributed by atoms with Gasteiger partial charge in [-0.25, -0.2) is 0 Å². The van der Waals surface area contributed by atoms with Crippen molar-refractivity contribution in [1.82, 2.24) is 4.90 Å². The molecule has 1 amide bonds. The molecule has 2 aliphatic heterocycles. The second-order valence-corrected chi connectivity index (χ2v) is 8.42. The van der Waals surface area contributed by atoms with Crippen LogP contribution in [0.5, 0.6) is 5.75 Å². The molecule has 0 aromatic heterocycles. The number of benzene rings is 2. The number of Topliss-reactive ketones (excluding diaryl/α,β-unsaturated/α-hetero) is 1. The maximum atomic E-state index is 12.7. The Hall–Kier alpha value is -2.59. The normalized spacial score (nSPS) is 18.0. The summed E-state index contributed by atoms with van der Waals surface area (Å²) in [5.74, 6) is 0.825. The minimum absolute atomic E-state index is 0.0330. The van der Waals surface area contributed by atoms with Gasteiger partial charge in [-0.1, -0.05) is 29.8 Å². The number of fused-ring (bicyclic) bond motifs is 1. The summed E-state index contributed by atoms with van der Waals surface area (Å²) in [5.41, 5.74) is 3.21. The Morgan fingerprint density at radius 2 is 1.93 bits per heavy atom. The van der Waals surface area contributed by atoms with Crippen LogP contribution in [0.1, 0.15) is 46.3 Å². The molecule has 2 heterocycles. The number of ketones is 1. The van der Waals surface area contributed by atoms with E-state index in [1.165, 1.54) is 0 Å². The topological polar surface area (TPSA) is 46.6 Å². The fourth-order valence-corrected chi connectivity index (χ4v) is 4.28. The van der Waals surface area contributed by atoms with Crippen LogP contribution in [0.3, 0.4) is 0 Å². The van der Waals surface area contributed by atoms with Gasteiger partial charge in [-0.15, -0.1) is 0 Å². The van der Waals surface area contributed by atoms with Crippen LogP contribution in [0.2, 0.25) is 5.02 Å². The number of nitrogens with zero attached hydrogens (tertiary/aromatic N) is 1. The second-order valence-electron chi connectivity index (χ2n) is 7.98. The van der Waals surface area contributed by atoms with Crippen molar-refractivity contribution in [2.24, 2.45) is 0 Å². The van der Waals surface area contributed by atoms with Crippen molar-refractivity contribution in [3.05, 3.63) is 69.8 Å². The Bertz CT molecular complexity index is 1000. The standard InChI is InChI=1S/C24H24ClNO3/c1-16-6-8-20-21(27)15-24(29-23(20)17(16)2)10-12-26(13-11-24)22(28)9-7-18-4-3-5-19(25)14-18/h3-9,14H,10-13,15H2,1-2H3. The van der Waals surface area contributed by atoms with E-state index in [-0.39, 0.29) is 11.7 Å². The minimum Gasteiger partial charge on any atom is -0.486 e. The zero-order valence-corrected chi connectivity index (χ0v) is 17.5.